The third-order valence-electron chi connectivity index (χ3n) is 11.6. The van der Waals surface area contributed by atoms with Crippen LogP contribution in [0.5, 0.6) is 0 Å². The van der Waals surface area contributed by atoms with Crippen LogP contribution in [0, 0.1) is 41.5 Å². The molecule has 0 saturated heterocycles. The van der Waals surface area contributed by atoms with Crippen molar-refractivity contribution in [3.63, 3.8) is 0 Å². The summed E-state index contributed by atoms with van der Waals surface area (Å²) in [7, 11) is 0. The van der Waals surface area contributed by atoms with E-state index in [4.69, 9.17) is 18.9 Å². The van der Waals surface area contributed by atoms with E-state index in [1.807, 2.05) is 48.5 Å². The maximum absolute atomic E-state index is 12.7. The van der Waals surface area contributed by atoms with Crippen LogP contribution in [0.1, 0.15) is 72.2 Å². The van der Waals surface area contributed by atoms with Gasteiger partial charge >= 0.3 is 23.9 Å². The standard InChI is InChI=1S/C58H60N2O8/c1-11-65-55(61)51(56(62)66-12-2)35-43-17-25-47(26-18-43)59(49-23-15-37(5)39(7)33-49)53-29-21-45(31-41(53)9)46-22-30-54(42(10)32-46)60(50-24-16-38(6)40(8)34-50)48-27-19-44(20-28-48)36-52(57(63)67-13-3)58(64)68-14-4/h15-36H,11-14H2,1-10H3. The lowest BCUT2D eigenvalue weighted by Gasteiger charge is -2.29. The fourth-order valence-electron chi connectivity index (χ4n) is 7.77. The van der Waals surface area contributed by atoms with Gasteiger partial charge in [0.05, 0.1) is 26.4 Å². The van der Waals surface area contributed by atoms with Gasteiger partial charge in [0.15, 0.2) is 0 Å². The predicted octanol–water partition coefficient (Wildman–Crippen LogP) is 13.2. The molecule has 6 aromatic rings. The first kappa shape index (κ1) is 49.7. The van der Waals surface area contributed by atoms with Gasteiger partial charge in [0.25, 0.3) is 0 Å². The maximum Gasteiger partial charge on any atom is 0.345 e. The van der Waals surface area contributed by atoms with Crippen molar-refractivity contribution < 1.29 is 38.1 Å². The second kappa shape index (κ2) is 22.7. The Balaban J connectivity index is 1.37. The number of carbonyl (C=O) groups is 4. The van der Waals surface area contributed by atoms with Gasteiger partial charge in [-0.1, -0.05) is 48.5 Å². The topological polar surface area (TPSA) is 112 Å². The Morgan fingerprint density at radius 2 is 0.676 bits per heavy atom. The van der Waals surface area contributed by atoms with Crippen LogP contribution in [0.25, 0.3) is 23.3 Å². The van der Waals surface area contributed by atoms with Gasteiger partial charge in [0.2, 0.25) is 0 Å². The molecular formula is C58H60N2O8. The van der Waals surface area contributed by atoms with Crippen LogP contribution in [0.2, 0.25) is 0 Å². The molecular weight excluding hydrogens is 853 g/mol. The third-order valence-corrected chi connectivity index (χ3v) is 11.6. The normalized spacial score (nSPS) is 10.7. The smallest absolute Gasteiger partial charge is 0.345 e. The van der Waals surface area contributed by atoms with Crippen molar-refractivity contribution in [1.29, 1.82) is 0 Å². The lowest BCUT2D eigenvalue weighted by molar-refractivity contribution is -0.148. The lowest BCUT2D eigenvalue weighted by atomic mass is 9.98. The van der Waals surface area contributed by atoms with Crippen molar-refractivity contribution in [2.24, 2.45) is 0 Å². The molecule has 0 atom stereocenters. The molecule has 0 spiro atoms. The van der Waals surface area contributed by atoms with Crippen LogP contribution in [-0.4, -0.2) is 50.3 Å². The average molecular weight is 913 g/mol. The molecule has 0 N–H and O–H groups in total. The Hall–Kier alpha value is -7.72. The number of hydrogen-bond donors (Lipinski definition) is 0. The lowest BCUT2D eigenvalue weighted by Crippen LogP contribution is -2.18. The zero-order valence-corrected chi connectivity index (χ0v) is 40.7. The van der Waals surface area contributed by atoms with Crippen molar-refractivity contribution in [3.8, 4) is 11.1 Å². The number of esters is 4. The Labute approximate surface area is 400 Å². The Morgan fingerprint density at radius 1 is 0.368 bits per heavy atom. The van der Waals surface area contributed by atoms with Gasteiger partial charge in [0.1, 0.15) is 11.1 Å². The van der Waals surface area contributed by atoms with Gasteiger partial charge in [0, 0.05) is 34.1 Å². The fraction of sp³-hybridized carbons (Fsp3) is 0.241. The summed E-state index contributed by atoms with van der Waals surface area (Å²) < 4.78 is 20.6. The van der Waals surface area contributed by atoms with Gasteiger partial charge in [-0.3, -0.25) is 0 Å². The third kappa shape index (κ3) is 11.6. The molecule has 350 valence electrons. The summed E-state index contributed by atoms with van der Waals surface area (Å²) in [5.74, 6) is -2.92. The van der Waals surface area contributed by atoms with Crippen molar-refractivity contribution in [3.05, 3.63) is 177 Å². The average Bonchev–Trinajstić information content (AvgIpc) is 3.32. The van der Waals surface area contributed by atoms with Crippen LogP contribution in [-0.2, 0) is 38.1 Å². The summed E-state index contributed by atoms with van der Waals surface area (Å²) in [4.78, 5) is 55.3. The highest BCUT2D eigenvalue weighted by molar-refractivity contribution is 6.18. The highest BCUT2D eigenvalue weighted by atomic mass is 16.6. The Kier molecular flexibility index (Phi) is 16.6. The molecule has 0 saturated carbocycles. The molecule has 10 heteroatoms. The molecule has 10 nitrogen and oxygen atoms in total. The number of carbonyl (C=O) groups excluding carboxylic acids is 4. The minimum absolute atomic E-state index is 0.133. The Bertz CT molecular complexity index is 2640. The quantitative estimate of drug-likeness (QED) is 0.0288. The molecule has 68 heavy (non-hydrogen) atoms. The monoisotopic (exact) mass is 912 g/mol. The largest absolute Gasteiger partial charge is 0.462 e. The zero-order chi connectivity index (χ0) is 49.1. The summed E-state index contributed by atoms with van der Waals surface area (Å²) in [6.45, 7) is 19.9. The fourth-order valence-corrected chi connectivity index (χ4v) is 7.77. The van der Waals surface area contributed by atoms with Crippen molar-refractivity contribution in [2.75, 3.05) is 36.2 Å². The molecule has 0 unspecified atom stereocenters. The Morgan fingerprint density at radius 3 is 0.956 bits per heavy atom. The molecule has 0 heterocycles. The minimum Gasteiger partial charge on any atom is -0.462 e. The number of nitrogens with zero attached hydrogens (tertiary/aromatic N) is 2. The first-order chi connectivity index (χ1) is 32.7. The summed E-state index contributed by atoms with van der Waals surface area (Å²) in [6.07, 6.45) is 3.00. The molecule has 0 aliphatic heterocycles. The molecule has 6 aromatic carbocycles. The number of ether oxygens (including phenoxy) is 4. The predicted molar refractivity (Wildman–Crippen MR) is 272 cm³/mol. The summed E-state index contributed by atoms with van der Waals surface area (Å²) in [6, 6.07) is 41.2. The molecule has 0 amide bonds. The van der Waals surface area contributed by atoms with E-state index in [1.165, 1.54) is 23.3 Å². The zero-order valence-electron chi connectivity index (χ0n) is 40.7. The summed E-state index contributed by atoms with van der Waals surface area (Å²) in [5, 5.41) is 0. The number of anilines is 6. The van der Waals surface area contributed by atoms with Gasteiger partial charge in [-0.15, -0.1) is 0 Å². The van der Waals surface area contributed by atoms with Crippen molar-refractivity contribution >= 4 is 70.2 Å². The number of aryl methyl sites for hydroxylation is 6. The van der Waals surface area contributed by atoms with Crippen LogP contribution in [0.3, 0.4) is 0 Å². The van der Waals surface area contributed by atoms with E-state index in [0.717, 1.165) is 67.5 Å². The molecule has 0 aromatic heterocycles. The molecule has 0 bridgehead atoms. The van der Waals surface area contributed by atoms with Crippen LogP contribution in [0.4, 0.5) is 34.1 Å². The van der Waals surface area contributed by atoms with Crippen molar-refractivity contribution in [1.82, 2.24) is 0 Å². The van der Waals surface area contributed by atoms with E-state index in [0.29, 0.717) is 11.1 Å². The van der Waals surface area contributed by atoms with Gasteiger partial charge in [-0.2, -0.15) is 0 Å². The first-order valence-electron chi connectivity index (χ1n) is 23.0. The SMILES string of the molecule is CCOC(=O)C(=Cc1ccc(N(c2ccc(C)c(C)c2)c2ccc(-c3ccc(N(c4ccc(C=C(C(=O)OCC)C(=O)OCC)cc4)c4ccc(C)c(C)c4)c(C)c3)cc2C)cc1)C(=O)OCC. The second-order valence-electron chi connectivity index (χ2n) is 16.4. The summed E-state index contributed by atoms with van der Waals surface area (Å²) in [5.41, 5.74) is 15.6. The number of rotatable bonds is 17. The van der Waals surface area contributed by atoms with Crippen LogP contribution < -0.4 is 9.80 Å². The van der Waals surface area contributed by atoms with E-state index < -0.39 is 23.9 Å². The maximum atomic E-state index is 12.7. The van der Waals surface area contributed by atoms with Crippen molar-refractivity contribution in [2.45, 2.75) is 69.2 Å². The molecule has 0 fully saturated rings. The van der Waals surface area contributed by atoms with E-state index >= 15 is 0 Å². The second-order valence-corrected chi connectivity index (χ2v) is 16.4. The molecule has 0 aliphatic carbocycles. The highest BCUT2D eigenvalue weighted by Gasteiger charge is 2.24. The van der Waals surface area contributed by atoms with E-state index in [-0.39, 0.29) is 37.6 Å². The van der Waals surface area contributed by atoms with Gasteiger partial charge in [-0.25, -0.2) is 19.2 Å². The van der Waals surface area contributed by atoms with Crippen LogP contribution in [0.15, 0.2) is 132 Å². The van der Waals surface area contributed by atoms with Gasteiger partial charge in [-0.05, 0) is 210 Å². The molecule has 0 aliphatic rings. The van der Waals surface area contributed by atoms with Crippen LogP contribution >= 0.6 is 0 Å². The number of hydrogen-bond acceptors (Lipinski definition) is 10. The molecule has 0 radical (unpaired) electrons. The number of benzene rings is 6. The minimum atomic E-state index is -0.730. The first-order valence-corrected chi connectivity index (χ1v) is 23.0. The van der Waals surface area contributed by atoms with Gasteiger partial charge < -0.3 is 28.7 Å². The van der Waals surface area contributed by atoms with E-state index in [1.54, 1.807) is 27.7 Å². The van der Waals surface area contributed by atoms with E-state index in [9.17, 15) is 19.2 Å². The highest BCUT2D eigenvalue weighted by Crippen LogP contribution is 2.42. The molecule has 6 rings (SSSR count). The summed E-state index contributed by atoms with van der Waals surface area (Å²) >= 11 is 0. The van der Waals surface area contributed by atoms with E-state index in [2.05, 4.69) is 124 Å².